The Morgan fingerprint density at radius 2 is 2.16 bits per heavy atom. The van der Waals surface area contributed by atoms with Crippen LogP contribution in [0.1, 0.15) is 32.3 Å². The molecule has 2 nitrogen and oxygen atoms in total. The molecule has 1 aliphatic rings. The summed E-state index contributed by atoms with van der Waals surface area (Å²) in [4.78, 5) is 2.62. The van der Waals surface area contributed by atoms with Crippen molar-refractivity contribution in [1.82, 2.24) is 4.90 Å². The van der Waals surface area contributed by atoms with Gasteiger partial charge in [-0.3, -0.25) is 0 Å². The van der Waals surface area contributed by atoms with E-state index in [1.165, 1.54) is 43.8 Å². The molecule has 1 aromatic rings. The molecule has 2 rings (SSSR count). The summed E-state index contributed by atoms with van der Waals surface area (Å²) in [5, 5.41) is 0. The Kier molecular flexibility index (Phi) is 5.17. The minimum Gasteiger partial charge on any atom is -0.399 e. The fourth-order valence-corrected chi connectivity index (χ4v) is 3.68. The topological polar surface area (TPSA) is 29.3 Å². The van der Waals surface area contributed by atoms with Crippen LogP contribution in [0, 0.1) is 0 Å². The highest BCUT2D eigenvalue weighted by molar-refractivity contribution is 8.00. The van der Waals surface area contributed by atoms with Gasteiger partial charge in [-0.15, -0.1) is 0 Å². The molecular weight excluding hydrogens is 252 g/mol. The van der Waals surface area contributed by atoms with Crippen LogP contribution in [0.15, 0.2) is 24.3 Å². The largest absolute Gasteiger partial charge is 0.399 e. The number of rotatable bonds is 4. The van der Waals surface area contributed by atoms with E-state index in [0.29, 0.717) is 4.75 Å². The van der Waals surface area contributed by atoms with Gasteiger partial charge in [0.25, 0.3) is 0 Å². The monoisotopic (exact) mass is 278 g/mol. The summed E-state index contributed by atoms with van der Waals surface area (Å²) in [5.74, 6) is 1.27. The highest BCUT2D eigenvalue weighted by Crippen LogP contribution is 2.30. The van der Waals surface area contributed by atoms with E-state index >= 15 is 0 Å². The van der Waals surface area contributed by atoms with Crippen molar-refractivity contribution < 1.29 is 0 Å². The van der Waals surface area contributed by atoms with E-state index in [1.54, 1.807) is 0 Å². The second-order valence-electron chi connectivity index (χ2n) is 6.05. The molecule has 1 fully saturated rings. The van der Waals surface area contributed by atoms with Crippen molar-refractivity contribution >= 4 is 17.4 Å². The molecule has 0 atom stereocenters. The first-order chi connectivity index (χ1) is 9.05. The zero-order chi connectivity index (χ0) is 13.7. The minimum atomic E-state index is 0.461. The average Bonchev–Trinajstić information content (AvgIpc) is 2.51. The van der Waals surface area contributed by atoms with Crippen LogP contribution in [-0.2, 0) is 6.42 Å². The number of benzene rings is 1. The van der Waals surface area contributed by atoms with E-state index in [-0.39, 0.29) is 0 Å². The second-order valence-corrected chi connectivity index (χ2v) is 7.85. The third-order valence-electron chi connectivity index (χ3n) is 3.82. The van der Waals surface area contributed by atoms with Gasteiger partial charge in [0.05, 0.1) is 0 Å². The predicted molar refractivity (Wildman–Crippen MR) is 86.8 cm³/mol. The maximum absolute atomic E-state index is 5.81. The number of thioether (sulfide) groups is 1. The van der Waals surface area contributed by atoms with E-state index in [1.807, 2.05) is 6.07 Å². The summed E-state index contributed by atoms with van der Waals surface area (Å²) >= 11 is 2.12. The number of hydrogen-bond donors (Lipinski definition) is 1. The van der Waals surface area contributed by atoms with Gasteiger partial charge in [-0.2, -0.15) is 11.8 Å². The molecule has 0 saturated carbocycles. The lowest BCUT2D eigenvalue weighted by Crippen LogP contribution is -2.28. The molecule has 0 amide bonds. The lowest BCUT2D eigenvalue weighted by atomic mass is 10.1. The van der Waals surface area contributed by atoms with E-state index < -0.39 is 0 Å². The first-order valence-corrected chi connectivity index (χ1v) is 8.24. The Morgan fingerprint density at radius 3 is 2.95 bits per heavy atom. The Hall–Kier alpha value is -0.670. The van der Waals surface area contributed by atoms with Crippen LogP contribution in [0.2, 0.25) is 0 Å². The lowest BCUT2D eigenvalue weighted by Gasteiger charge is -2.22. The molecule has 0 radical (unpaired) electrons. The van der Waals surface area contributed by atoms with Crippen molar-refractivity contribution in [3.63, 3.8) is 0 Å². The number of hydrogen-bond acceptors (Lipinski definition) is 3. The standard InChI is InChI=1S/C16H26N2S/c1-16(2)8-10-18(11-12-19-16)9-4-6-14-5-3-7-15(17)13-14/h3,5,7,13H,4,6,8-12,17H2,1-2H3. The zero-order valence-electron chi connectivity index (χ0n) is 12.2. The smallest absolute Gasteiger partial charge is 0.0316 e. The summed E-state index contributed by atoms with van der Waals surface area (Å²) in [6.45, 7) is 8.44. The Bertz CT molecular complexity index is 403. The Labute approximate surface area is 121 Å². The number of aryl methyl sites for hydroxylation is 1. The summed E-state index contributed by atoms with van der Waals surface area (Å²) in [5.41, 5.74) is 8.06. The molecule has 3 heteroatoms. The van der Waals surface area contributed by atoms with Crippen LogP contribution in [0.4, 0.5) is 5.69 Å². The molecule has 1 saturated heterocycles. The first kappa shape index (κ1) is 14.7. The van der Waals surface area contributed by atoms with Gasteiger partial charge in [0, 0.05) is 22.7 Å². The van der Waals surface area contributed by atoms with Crippen LogP contribution >= 0.6 is 11.8 Å². The van der Waals surface area contributed by atoms with Gasteiger partial charge < -0.3 is 10.6 Å². The third kappa shape index (κ3) is 5.07. The van der Waals surface area contributed by atoms with E-state index in [9.17, 15) is 0 Å². The van der Waals surface area contributed by atoms with E-state index in [4.69, 9.17) is 5.73 Å². The minimum absolute atomic E-state index is 0.461. The van der Waals surface area contributed by atoms with Crippen molar-refractivity contribution in [1.29, 1.82) is 0 Å². The van der Waals surface area contributed by atoms with Gasteiger partial charge in [0.15, 0.2) is 0 Å². The van der Waals surface area contributed by atoms with Crippen molar-refractivity contribution in [2.45, 2.75) is 37.9 Å². The number of nitrogens with two attached hydrogens (primary N) is 1. The molecule has 0 aliphatic carbocycles. The van der Waals surface area contributed by atoms with Crippen LogP contribution < -0.4 is 5.73 Å². The van der Waals surface area contributed by atoms with Gasteiger partial charge >= 0.3 is 0 Å². The molecular formula is C16H26N2S. The van der Waals surface area contributed by atoms with Gasteiger partial charge in [0.1, 0.15) is 0 Å². The van der Waals surface area contributed by atoms with Crippen LogP contribution in [0.3, 0.4) is 0 Å². The van der Waals surface area contributed by atoms with Crippen molar-refractivity contribution in [3.05, 3.63) is 29.8 Å². The molecule has 0 spiro atoms. The summed E-state index contributed by atoms with van der Waals surface area (Å²) in [7, 11) is 0. The molecule has 0 unspecified atom stereocenters. The quantitative estimate of drug-likeness (QED) is 0.856. The van der Waals surface area contributed by atoms with Crippen molar-refractivity contribution in [3.8, 4) is 0 Å². The highest BCUT2D eigenvalue weighted by atomic mass is 32.2. The zero-order valence-corrected chi connectivity index (χ0v) is 13.0. The number of nitrogens with zero attached hydrogens (tertiary/aromatic N) is 1. The second kappa shape index (κ2) is 6.67. The first-order valence-electron chi connectivity index (χ1n) is 7.26. The highest BCUT2D eigenvalue weighted by Gasteiger charge is 2.23. The fourth-order valence-electron chi connectivity index (χ4n) is 2.54. The summed E-state index contributed by atoms with van der Waals surface area (Å²) < 4.78 is 0.461. The lowest BCUT2D eigenvalue weighted by molar-refractivity contribution is 0.281. The van der Waals surface area contributed by atoms with Gasteiger partial charge in [-0.05, 0) is 50.0 Å². The predicted octanol–water partition coefficient (Wildman–Crippen LogP) is 3.42. The molecule has 0 bridgehead atoms. The Balaban J connectivity index is 1.74. The van der Waals surface area contributed by atoms with Crippen LogP contribution in [0.25, 0.3) is 0 Å². The van der Waals surface area contributed by atoms with Crippen LogP contribution in [-0.4, -0.2) is 35.0 Å². The third-order valence-corrected chi connectivity index (χ3v) is 5.19. The summed E-state index contributed by atoms with van der Waals surface area (Å²) in [6.07, 6.45) is 3.67. The molecule has 0 aromatic heterocycles. The molecule has 1 heterocycles. The number of anilines is 1. The summed E-state index contributed by atoms with van der Waals surface area (Å²) in [6, 6.07) is 8.28. The molecule has 106 valence electrons. The van der Waals surface area contributed by atoms with Crippen molar-refractivity contribution in [2.24, 2.45) is 0 Å². The maximum atomic E-state index is 5.81. The normalized spacial score (nSPS) is 20.1. The van der Waals surface area contributed by atoms with Crippen molar-refractivity contribution in [2.75, 3.05) is 31.1 Å². The van der Waals surface area contributed by atoms with E-state index in [0.717, 1.165) is 12.1 Å². The molecule has 1 aliphatic heterocycles. The van der Waals surface area contributed by atoms with Gasteiger partial charge in [-0.1, -0.05) is 26.0 Å². The average molecular weight is 278 g/mol. The van der Waals surface area contributed by atoms with Gasteiger partial charge in [0.2, 0.25) is 0 Å². The fraction of sp³-hybridized carbons (Fsp3) is 0.625. The maximum Gasteiger partial charge on any atom is 0.0316 e. The molecule has 19 heavy (non-hydrogen) atoms. The Morgan fingerprint density at radius 1 is 1.32 bits per heavy atom. The van der Waals surface area contributed by atoms with E-state index in [2.05, 4.69) is 48.7 Å². The molecule has 2 N–H and O–H groups in total. The molecule has 1 aromatic carbocycles. The number of nitrogen functional groups attached to an aromatic ring is 1. The van der Waals surface area contributed by atoms with Crippen LogP contribution in [0.5, 0.6) is 0 Å². The SMILES string of the molecule is CC1(C)CCN(CCCc2cccc(N)c2)CCS1. The van der Waals surface area contributed by atoms with Gasteiger partial charge in [-0.25, -0.2) is 0 Å².